The lowest BCUT2D eigenvalue weighted by molar-refractivity contribution is 0.0956. The highest BCUT2D eigenvalue weighted by atomic mass is 32.2. The summed E-state index contributed by atoms with van der Waals surface area (Å²) < 4.78 is 58.5. The van der Waals surface area contributed by atoms with Crippen molar-refractivity contribution in [2.24, 2.45) is 0 Å². The maximum Gasteiger partial charge on any atom is 0.221 e. The van der Waals surface area contributed by atoms with E-state index in [1.165, 1.54) is 14.1 Å². The maximum absolute atomic E-state index is 15.2. The number of halogens is 2. The van der Waals surface area contributed by atoms with Crippen molar-refractivity contribution in [3.05, 3.63) is 65.2 Å². The van der Waals surface area contributed by atoms with Crippen LogP contribution in [0.25, 0.3) is 0 Å². The normalized spacial score (nSPS) is 26.4. The number of benzene rings is 2. The molecule has 2 heterocycles. The van der Waals surface area contributed by atoms with Crippen LogP contribution in [0.15, 0.2) is 42.5 Å². The number of hydrogen-bond donors (Lipinski definition) is 3. The van der Waals surface area contributed by atoms with Crippen LogP contribution in [0.5, 0.6) is 0 Å². The molecule has 0 unspecified atom stereocenters. The van der Waals surface area contributed by atoms with Crippen molar-refractivity contribution >= 4 is 28.4 Å². The van der Waals surface area contributed by atoms with E-state index >= 15 is 8.78 Å². The molecule has 0 bridgehead atoms. The Morgan fingerprint density at radius 1 is 1.08 bits per heavy atom. The van der Waals surface area contributed by atoms with Gasteiger partial charge in [-0.2, -0.15) is 4.31 Å². The number of aliphatic hydroxyl groups excluding tert-OH is 1. The standard InChI is InChI=1S/C25H31F2N5O3S/c1-17-7-8-25(18-5-3-2-4-6-18)36(34,35)32(17)13-19-11-21(27)23(12-20(19)26)30-10-9-22(24(33)14-30)31(15-28)16-29/h2-6,11-12,15-17,22,24-25,28-29,33H,7-10,13-14H2,1H3/t17-,22+,24-,25+/m0/s1. The number of sulfonamides is 1. The van der Waals surface area contributed by atoms with Gasteiger partial charge >= 0.3 is 0 Å². The molecule has 2 saturated heterocycles. The molecule has 2 aliphatic heterocycles. The van der Waals surface area contributed by atoms with Gasteiger partial charge in [0.15, 0.2) is 0 Å². The quantitative estimate of drug-likeness (QED) is 0.383. The SMILES string of the molecule is C[C@H]1CC[C@H](c2ccccc2)S(=O)(=O)N1Cc1cc(F)c(N2CC[C@@H](N(C=N)C=N)[C@@H](O)C2)cc1F. The van der Waals surface area contributed by atoms with Gasteiger partial charge in [0.1, 0.15) is 16.9 Å². The molecule has 2 fully saturated rings. The highest BCUT2D eigenvalue weighted by Crippen LogP contribution is 2.38. The first-order chi connectivity index (χ1) is 17.2. The van der Waals surface area contributed by atoms with Crippen molar-refractivity contribution in [3.8, 4) is 0 Å². The third-order valence-electron chi connectivity index (χ3n) is 7.21. The Kier molecular flexibility index (Phi) is 7.72. The van der Waals surface area contributed by atoms with Gasteiger partial charge in [0.25, 0.3) is 0 Å². The van der Waals surface area contributed by atoms with Crippen LogP contribution < -0.4 is 4.90 Å². The van der Waals surface area contributed by atoms with Crippen molar-refractivity contribution in [2.75, 3.05) is 18.0 Å². The van der Waals surface area contributed by atoms with E-state index in [1.807, 2.05) is 6.07 Å². The average molecular weight is 520 g/mol. The summed E-state index contributed by atoms with van der Waals surface area (Å²) in [5, 5.41) is 24.5. The number of nitrogens with zero attached hydrogens (tertiary/aromatic N) is 3. The fraction of sp³-hybridized carbons (Fsp3) is 0.440. The largest absolute Gasteiger partial charge is 0.389 e. The van der Waals surface area contributed by atoms with Crippen LogP contribution >= 0.6 is 0 Å². The van der Waals surface area contributed by atoms with Crippen molar-refractivity contribution in [1.82, 2.24) is 9.21 Å². The Labute approximate surface area is 210 Å². The van der Waals surface area contributed by atoms with E-state index in [2.05, 4.69) is 0 Å². The van der Waals surface area contributed by atoms with Crippen molar-refractivity contribution in [2.45, 2.75) is 56.2 Å². The Hall–Kier alpha value is -2.89. The van der Waals surface area contributed by atoms with Crippen LogP contribution in [-0.2, 0) is 16.6 Å². The van der Waals surface area contributed by atoms with Gasteiger partial charge in [0.2, 0.25) is 10.0 Å². The highest BCUT2D eigenvalue weighted by Gasteiger charge is 2.41. The molecule has 0 spiro atoms. The van der Waals surface area contributed by atoms with Crippen LogP contribution in [0, 0.1) is 22.5 Å². The molecule has 194 valence electrons. The Morgan fingerprint density at radius 3 is 2.42 bits per heavy atom. The van der Waals surface area contributed by atoms with Gasteiger partial charge in [-0.25, -0.2) is 17.2 Å². The van der Waals surface area contributed by atoms with Crippen LogP contribution in [0.2, 0.25) is 0 Å². The second-order valence-electron chi connectivity index (χ2n) is 9.39. The Balaban J connectivity index is 1.55. The predicted octanol–water partition coefficient (Wildman–Crippen LogP) is 3.48. The van der Waals surface area contributed by atoms with Gasteiger partial charge in [0, 0.05) is 37.3 Å². The molecule has 4 rings (SSSR count). The predicted molar refractivity (Wildman–Crippen MR) is 135 cm³/mol. The van der Waals surface area contributed by atoms with Crippen molar-refractivity contribution in [1.29, 1.82) is 10.8 Å². The molecule has 2 aromatic rings. The van der Waals surface area contributed by atoms with E-state index in [4.69, 9.17) is 10.8 Å². The van der Waals surface area contributed by atoms with Gasteiger partial charge in [-0.1, -0.05) is 30.3 Å². The molecule has 0 aliphatic carbocycles. The number of anilines is 1. The van der Waals surface area contributed by atoms with Gasteiger partial charge < -0.3 is 14.9 Å². The monoisotopic (exact) mass is 519 g/mol. The van der Waals surface area contributed by atoms with Crippen molar-refractivity contribution < 1.29 is 22.3 Å². The summed E-state index contributed by atoms with van der Waals surface area (Å²) in [7, 11) is -3.79. The third-order valence-corrected chi connectivity index (χ3v) is 9.58. The first kappa shape index (κ1) is 26.2. The molecular formula is C25H31F2N5O3S. The van der Waals surface area contributed by atoms with Gasteiger partial charge in [-0.05, 0) is 37.8 Å². The minimum absolute atomic E-state index is 0.00878. The Bertz CT molecular complexity index is 1210. The van der Waals surface area contributed by atoms with Crippen LogP contribution in [-0.4, -0.2) is 66.7 Å². The summed E-state index contributed by atoms with van der Waals surface area (Å²) in [6, 6.07) is 10.2. The first-order valence-corrected chi connectivity index (χ1v) is 13.4. The van der Waals surface area contributed by atoms with E-state index in [0.29, 0.717) is 31.4 Å². The van der Waals surface area contributed by atoms with E-state index in [1.54, 1.807) is 31.2 Å². The fourth-order valence-electron chi connectivity index (χ4n) is 5.18. The van der Waals surface area contributed by atoms with Crippen LogP contribution in [0.3, 0.4) is 0 Å². The smallest absolute Gasteiger partial charge is 0.221 e. The van der Waals surface area contributed by atoms with Gasteiger partial charge in [-0.3, -0.25) is 10.8 Å². The second kappa shape index (κ2) is 10.6. The zero-order valence-corrected chi connectivity index (χ0v) is 20.8. The van der Waals surface area contributed by atoms with Crippen LogP contribution in [0.1, 0.15) is 42.6 Å². The molecule has 11 heteroatoms. The molecule has 8 nitrogen and oxygen atoms in total. The summed E-state index contributed by atoms with van der Waals surface area (Å²) in [5.41, 5.74) is 0.624. The summed E-state index contributed by atoms with van der Waals surface area (Å²) in [6.07, 6.45) is 2.34. The number of nitrogens with one attached hydrogen (secondary N) is 2. The number of aliphatic hydroxyl groups is 1. The third kappa shape index (κ3) is 5.00. The second-order valence-corrected chi connectivity index (χ2v) is 11.5. The van der Waals surface area contributed by atoms with Crippen molar-refractivity contribution in [3.63, 3.8) is 0 Å². The zero-order valence-electron chi connectivity index (χ0n) is 20.0. The molecule has 0 aromatic heterocycles. The average Bonchev–Trinajstić information content (AvgIpc) is 2.85. The van der Waals surface area contributed by atoms with Crippen LogP contribution in [0.4, 0.5) is 14.5 Å². The molecule has 2 aromatic carbocycles. The minimum atomic E-state index is -3.79. The summed E-state index contributed by atoms with van der Waals surface area (Å²) in [6.45, 7) is 1.81. The molecular weight excluding hydrogens is 488 g/mol. The summed E-state index contributed by atoms with van der Waals surface area (Å²) >= 11 is 0. The van der Waals surface area contributed by atoms with E-state index < -0.39 is 39.1 Å². The summed E-state index contributed by atoms with van der Waals surface area (Å²) in [5.74, 6) is -1.41. The molecule has 0 amide bonds. The lowest BCUT2D eigenvalue weighted by Gasteiger charge is -2.40. The topological polar surface area (TPSA) is 112 Å². The van der Waals surface area contributed by atoms with E-state index in [-0.39, 0.29) is 30.4 Å². The number of rotatable bonds is 7. The molecule has 0 radical (unpaired) electrons. The molecule has 4 atom stereocenters. The number of β-amino-alcohol motifs (C(OH)–C–C–N with tert-alkyl or cyclic N) is 1. The lowest BCUT2D eigenvalue weighted by Crippen LogP contribution is -2.53. The molecule has 0 saturated carbocycles. The zero-order chi connectivity index (χ0) is 26.0. The first-order valence-electron chi connectivity index (χ1n) is 11.9. The molecule has 36 heavy (non-hydrogen) atoms. The molecule has 3 N–H and O–H groups in total. The molecule has 2 aliphatic rings. The number of hydrogen-bond acceptors (Lipinski definition) is 6. The lowest BCUT2D eigenvalue weighted by atomic mass is 9.99. The Morgan fingerprint density at radius 2 is 1.78 bits per heavy atom. The van der Waals surface area contributed by atoms with Gasteiger partial charge in [-0.15, -0.1) is 0 Å². The van der Waals surface area contributed by atoms with E-state index in [9.17, 15) is 13.5 Å². The summed E-state index contributed by atoms with van der Waals surface area (Å²) in [4.78, 5) is 2.80. The maximum atomic E-state index is 15.2. The highest BCUT2D eigenvalue weighted by molar-refractivity contribution is 7.89. The van der Waals surface area contributed by atoms with Gasteiger partial charge in [0.05, 0.1) is 30.5 Å². The minimum Gasteiger partial charge on any atom is -0.389 e. The fourth-order valence-corrected chi connectivity index (χ4v) is 7.36. The number of piperidine rings is 1. The van der Waals surface area contributed by atoms with E-state index in [0.717, 1.165) is 24.8 Å².